The van der Waals surface area contributed by atoms with Crippen LogP contribution < -0.4 is 5.73 Å². The largest absolute Gasteiger partial charge is 0.465 e. The molecule has 1 aromatic rings. The highest BCUT2D eigenvalue weighted by Crippen LogP contribution is 2.27. The van der Waals surface area contributed by atoms with E-state index in [-0.39, 0.29) is 16.8 Å². The highest BCUT2D eigenvalue weighted by atomic mass is 16.6. The van der Waals surface area contributed by atoms with Crippen LogP contribution in [0.2, 0.25) is 0 Å². The van der Waals surface area contributed by atoms with Crippen molar-refractivity contribution in [2.75, 3.05) is 12.8 Å². The predicted octanol–water partition coefficient (Wildman–Crippen LogP) is 0.835. The summed E-state index contributed by atoms with van der Waals surface area (Å²) in [7, 11) is 1.09. The smallest absolute Gasteiger partial charge is 0.347 e. The lowest BCUT2D eigenvalue weighted by atomic mass is 10.1. The molecule has 16 heavy (non-hydrogen) atoms. The molecule has 0 aliphatic heterocycles. The molecule has 7 heteroatoms. The molecule has 0 unspecified atom stereocenters. The van der Waals surface area contributed by atoms with Crippen LogP contribution in [0.25, 0.3) is 0 Å². The summed E-state index contributed by atoms with van der Waals surface area (Å²) < 4.78 is 4.38. The zero-order valence-corrected chi connectivity index (χ0v) is 8.26. The molecule has 82 valence electrons. The quantitative estimate of drug-likeness (QED) is 0.342. The third kappa shape index (κ3) is 1.90. The van der Waals surface area contributed by atoms with Gasteiger partial charge in [-0.3, -0.25) is 10.1 Å². The zero-order valence-electron chi connectivity index (χ0n) is 8.26. The molecule has 0 bridgehead atoms. The Morgan fingerprint density at radius 1 is 1.62 bits per heavy atom. The number of ether oxygens (including phenoxy) is 1. The van der Waals surface area contributed by atoms with Gasteiger partial charge < -0.3 is 10.5 Å². The molecular weight excluding hydrogens is 214 g/mol. The van der Waals surface area contributed by atoms with E-state index in [1.807, 2.05) is 0 Å². The second kappa shape index (κ2) is 4.27. The van der Waals surface area contributed by atoms with Crippen molar-refractivity contribution in [1.29, 1.82) is 5.26 Å². The van der Waals surface area contributed by atoms with Crippen molar-refractivity contribution in [3.63, 3.8) is 0 Å². The summed E-state index contributed by atoms with van der Waals surface area (Å²) in [6.07, 6.45) is 0. The Morgan fingerprint density at radius 3 is 2.69 bits per heavy atom. The van der Waals surface area contributed by atoms with Gasteiger partial charge in [0.2, 0.25) is 0 Å². The number of nitro benzene ring substituents is 1. The first-order valence-electron chi connectivity index (χ1n) is 4.07. The molecule has 1 rings (SSSR count). The molecule has 7 nitrogen and oxygen atoms in total. The van der Waals surface area contributed by atoms with Crippen LogP contribution in [0.15, 0.2) is 12.1 Å². The molecule has 2 N–H and O–H groups in total. The number of methoxy groups -OCH3 is 1. The number of nitrogens with zero attached hydrogens (tertiary/aromatic N) is 2. The minimum Gasteiger partial charge on any atom is -0.465 e. The van der Waals surface area contributed by atoms with Gasteiger partial charge in [0.05, 0.1) is 29.4 Å². The number of nitro groups is 1. The first kappa shape index (κ1) is 11.5. The Labute approximate surface area is 90.2 Å². The molecule has 0 saturated heterocycles. The van der Waals surface area contributed by atoms with E-state index in [0.717, 1.165) is 13.2 Å². The molecule has 0 amide bonds. The average Bonchev–Trinajstić information content (AvgIpc) is 2.26. The third-order valence-electron chi connectivity index (χ3n) is 1.86. The molecule has 1 aromatic carbocycles. The standard InChI is InChI=1S/C9H7N3O4/c1-16-9(13)8-6(11)2-5(4-10)3-7(8)12(14)15/h2-3H,11H2,1H3. The van der Waals surface area contributed by atoms with Crippen molar-refractivity contribution >= 4 is 17.3 Å². The molecule has 0 spiro atoms. The van der Waals surface area contributed by atoms with Crippen molar-refractivity contribution in [1.82, 2.24) is 0 Å². The van der Waals surface area contributed by atoms with Crippen molar-refractivity contribution in [2.24, 2.45) is 0 Å². The van der Waals surface area contributed by atoms with Crippen molar-refractivity contribution in [3.05, 3.63) is 33.4 Å². The topological polar surface area (TPSA) is 119 Å². The lowest BCUT2D eigenvalue weighted by Crippen LogP contribution is -2.09. The number of carbonyl (C=O) groups is 1. The first-order chi connectivity index (χ1) is 7.51. The van der Waals surface area contributed by atoms with E-state index in [9.17, 15) is 14.9 Å². The summed E-state index contributed by atoms with van der Waals surface area (Å²) in [6.45, 7) is 0. The second-order valence-electron chi connectivity index (χ2n) is 2.82. The van der Waals surface area contributed by atoms with Crippen LogP contribution in [0.3, 0.4) is 0 Å². The summed E-state index contributed by atoms with van der Waals surface area (Å²) in [6, 6.07) is 3.87. The monoisotopic (exact) mass is 221 g/mol. The van der Waals surface area contributed by atoms with E-state index >= 15 is 0 Å². The van der Waals surface area contributed by atoms with E-state index in [4.69, 9.17) is 11.0 Å². The molecule has 0 heterocycles. The number of nitriles is 1. The van der Waals surface area contributed by atoms with Gasteiger partial charge in [-0.15, -0.1) is 0 Å². The fourth-order valence-electron chi connectivity index (χ4n) is 1.18. The summed E-state index contributed by atoms with van der Waals surface area (Å²) >= 11 is 0. The van der Waals surface area contributed by atoms with Gasteiger partial charge in [-0.2, -0.15) is 5.26 Å². The van der Waals surface area contributed by atoms with Crippen LogP contribution in [0, 0.1) is 21.4 Å². The molecule has 0 aliphatic carbocycles. The fourth-order valence-corrected chi connectivity index (χ4v) is 1.18. The lowest BCUT2D eigenvalue weighted by Gasteiger charge is -2.04. The normalized spacial score (nSPS) is 9.25. The van der Waals surface area contributed by atoms with Crippen molar-refractivity contribution < 1.29 is 14.5 Å². The zero-order chi connectivity index (χ0) is 12.3. The Balaban J connectivity index is 3.53. The molecule has 0 fully saturated rings. The van der Waals surface area contributed by atoms with Gasteiger partial charge >= 0.3 is 5.97 Å². The van der Waals surface area contributed by atoms with Crippen molar-refractivity contribution in [2.45, 2.75) is 0 Å². The first-order valence-corrected chi connectivity index (χ1v) is 4.07. The molecule has 0 saturated carbocycles. The van der Waals surface area contributed by atoms with E-state index in [1.165, 1.54) is 6.07 Å². The maximum atomic E-state index is 11.3. The number of benzene rings is 1. The Hall–Kier alpha value is -2.62. The number of rotatable bonds is 2. The number of carbonyl (C=O) groups excluding carboxylic acids is 1. The fraction of sp³-hybridized carbons (Fsp3) is 0.111. The van der Waals surface area contributed by atoms with Gasteiger partial charge in [-0.25, -0.2) is 4.79 Å². The van der Waals surface area contributed by atoms with Gasteiger partial charge in [0, 0.05) is 6.07 Å². The maximum absolute atomic E-state index is 11.3. The van der Waals surface area contributed by atoms with Gasteiger partial charge in [0.15, 0.2) is 5.56 Å². The SMILES string of the molecule is COC(=O)c1c(N)cc(C#N)cc1[N+](=O)[O-]. The summed E-state index contributed by atoms with van der Waals surface area (Å²) in [5, 5.41) is 19.3. The van der Waals surface area contributed by atoms with Crippen LogP contribution in [-0.4, -0.2) is 18.0 Å². The number of nitrogens with two attached hydrogens (primary N) is 1. The Bertz CT molecular complexity index is 504. The van der Waals surface area contributed by atoms with Crippen molar-refractivity contribution in [3.8, 4) is 6.07 Å². The van der Waals surface area contributed by atoms with E-state index in [0.29, 0.717) is 0 Å². The molecule has 0 atom stereocenters. The third-order valence-corrected chi connectivity index (χ3v) is 1.86. The number of hydrogen-bond donors (Lipinski definition) is 1. The Kier molecular flexibility index (Phi) is 3.06. The van der Waals surface area contributed by atoms with Gasteiger partial charge in [0.25, 0.3) is 5.69 Å². The highest BCUT2D eigenvalue weighted by molar-refractivity contribution is 5.99. The molecule has 0 radical (unpaired) electrons. The number of nitrogen functional groups attached to an aromatic ring is 1. The molecule has 0 aliphatic rings. The number of hydrogen-bond acceptors (Lipinski definition) is 6. The van der Waals surface area contributed by atoms with Crippen LogP contribution in [0.4, 0.5) is 11.4 Å². The maximum Gasteiger partial charge on any atom is 0.347 e. The predicted molar refractivity (Wildman–Crippen MR) is 53.6 cm³/mol. The Morgan fingerprint density at radius 2 is 2.25 bits per heavy atom. The van der Waals surface area contributed by atoms with Gasteiger partial charge in [0.1, 0.15) is 0 Å². The average molecular weight is 221 g/mol. The van der Waals surface area contributed by atoms with E-state index in [2.05, 4.69) is 4.74 Å². The van der Waals surface area contributed by atoms with Crippen LogP contribution >= 0.6 is 0 Å². The van der Waals surface area contributed by atoms with Crippen LogP contribution in [0.5, 0.6) is 0 Å². The number of anilines is 1. The molecule has 0 aromatic heterocycles. The lowest BCUT2D eigenvalue weighted by molar-refractivity contribution is -0.385. The summed E-state index contributed by atoms with van der Waals surface area (Å²) in [5.74, 6) is -0.909. The summed E-state index contributed by atoms with van der Waals surface area (Å²) in [5.41, 5.74) is 4.43. The second-order valence-corrected chi connectivity index (χ2v) is 2.82. The minimum absolute atomic E-state index is 0.0110. The van der Waals surface area contributed by atoms with E-state index in [1.54, 1.807) is 6.07 Å². The molecular formula is C9H7N3O4. The number of esters is 1. The van der Waals surface area contributed by atoms with Gasteiger partial charge in [-0.1, -0.05) is 0 Å². The van der Waals surface area contributed by atoms with Crippen LogP contribution in [0.1, 0.15) is 15.9 Å². The highest BCUT2D eigenvalue weighted by Gasteiger charge is 2.25. The minimum atomic E-state index is -0.909. The van der Waals surface area contributed by atoms with Gasteiger partial charge in [-0.05, 0) is 6.07 Å². The summed E-state index contributed by atoms with van der Waals surface area (Å²) in [4.78, 5) is 21.2. The van der Waals surface area contributed by atoms with Crippen LogP contribution in [-0.2, 0) is 4.74 Å². The van der Waals surface area contributed by atoms with E-state index < -0.39 is 16.6 Å².